The summed E-state index contributed by atoms with van der Waals surface area (Å²) in [5.41, 5.74) is 6.31. The largest absolute Gasteiger partial charge is 0.483 e. The molecule has 0 spiro atoms. The number of carbonyl (C=O) groups excluding carboxylic acids is 2. The molecule has 4 nitrogen and oxygen atoms in total. The summed E-state index contributed by atoms with van der Waals surface area (Å²) < 4.78 is 38.9. The number of nitrogens with two attached hydrogens (primary N) is 1. The van der Waals surface area contributed by atoms with E-state index >= 15 is 0 Å². The van der Waals surface area contributed by atoms with Crippen LogP contribution in [0.5, 0.6) is 5.75 Å². The van der Waals surface area contributed by atoms with Gasteiger partial charge >= 0.3 is 0 Å². The normalized spacial score (nSPS) is 9.21. The van der Waals surface area contributed by atoms with Crippen molar-refractivity contribution in [3.05, 3.63) is 68.6 Å². The highest BCUT2D eigenvalue weighted by molar-refractivity contribution is 9.10. The molecule has 0 saturated heterocycles. The molecule has 0 saturated carbocycles. The minimum atomic E-state index is -0.602. The van der Waals surface area contributed by atoms with Crippen molar-refractivity contribution in [3.63, 3.8) is 0 Å². The maximum Gasteiger partial charge on any atom is 0.255 e. The molecule has 0 aliphatic rings. The molecule has 2 N–H and O–H groups in total. The molecule has 154 valence electrons. The highest BCUT2D eigenvalue weighted by Gasteiger charge is 2.12. The Morgan fingerprint density at radius 2 is 1.64 bits per heavy atom. The summed E-state index contributed by atoms with van der Waals surface area (Å²) in [5, 5.41) is 0. The van der Waals surface area contributed by atoms with Gasteiger partial charge in [0, 0.05) is 27.2 Å². The van der Waals surface area contributed by atoms with Crippen LogP contribution in [-0.2, 0) is 4.79 Å². The summed E-state index contributed by atoms with van der Waals surface area (Å²) in [6.45, 7) is -0.282. The summed E-state index contributed by atoms with van der Waals surface area (Å²) in [6, 6.07) is 12.5. The van der Waals surface area contributed by atoms with Crippen molar-refractivity contribution in [2.75, 3.05) is 6.61 Å². The average Bonchev–Trinajstić information content (AvgIpc) is 2.69. The second-order valence-electron chi connectivity index (χ2n) is 4.61. The zero-order chi connectivity index (χ0) is 20.8. The Labute approximate surface area is 173 Å². The Bertz CT molecular complexity index is 791. The molecule has 1 amide bonds. The molecule has 2 aromatic carbocycles. The lowest BCUT2D eigenvalue weighted by Gasteiger charge is -2.08. The monoisotopic (exact) mass is 533 g/mol. The van der Waals surface area contributed by atoms with Crippen LogP contribution in [0.3, 0.4) is 0 Å². The fraction of sp³-hybridized carbons (Fsp3) is 0.0588. The van der Waals surface area contributed by atoms with Gasteiger partial charge in [0.25, 0.3) is 5.91 Å². The van der Waals surface area contributed by atoms with Gasteiger partial charge in [0.1, 0.15) is 5.75 Å². The van der Waals surface area contributed by atoms with E-state index < -0.39 is 5.91 Å². The Kier molecular flexibility index (Phi) is 15.7. The number of benzene rings is 2. The van der Waals surface area contributed by atoms with Crippen LogP contribution in [0.1, 0.15) is 15.9 Å². The van der Waals surface area contributed by atoms with Crippen LogP contribution in [0.2, 0.25) is 0 Å². The van der Waals surface area contributed by atoms with Crippen molar-refractivity contribution < 1.29 is 37.3 Å². The van der Waals surface area contributed by atoms with Crippen LogP contribution in [0.4, 0.5) is 23.0 Å². The summed E-state index contributed by atoms with van der Waals surface area (Å²) in [5.74, 6) is -0.523. The molecule has 28 heavy (non-hydrogen) atoms. The molecule has 2 rings (SSSR count). The third kappa shape index (κ3) is 9.60. The summed E-state index contributed by atoms with van der Waals surface area (Å²) >= 11 is 6.74. The minimum Gasteiger partial charge on any atom is -0.483 e. The highest BCUT2D eigenvalue weighted by Crippen LogP contribution is 2.25. The molecule has 0 aliphatic carbocycles. The molecule has 0 aliphatic heterocycles. The van der Waals surface area contributed by atoms with Crippen LogP contribution < -0.4 is 10.5 Å². The van der Waals surface area contributed by atoms with Gasteiger partial charge in [-0.05, 0) is 42.0 Å². The zero-order valence-corrected chi connectivity index (χ0v) is 17.1. The van der Waals surface area contributed by atoms with E-state index in [1.54, 1.807) is 24.3 Å². The van der Waals surface area contributed by atoms with E-state index in [2.05, 4.69) is 31.9 Å². The van der Waals surface area contributed by atoms with Crippen molar-refractivity contribution >= 4 is 49.6 Å². The van der Waals surface area contributed by atoms with E-state index in [-0.39, 0.29) is 17.1 Å². The fourth-order valence-electron chi connectivity index (χ4n) is 1.84. The molecule has 11 heteroatoms. The summed E-state index contributed by atoms with van der Waals surface area (Å²) in [4.78, 5) is 23.3. The van der Waals surface area contributed by atoms with E-state index in [0.717, 1.165) is 14.5 Å². The number of allylic oxidation sites excluding steroid dienone is 1. The Balaban J connectivity index is 0. The smallest absolute Gasteiger partial charge is 0.255 e. The number of amides is 1. The van der Waals surface area contributed by atoms with Gasteiger partial charge in [-0.25, -0.2) is 0 Å². The lowest BCUT2D eigenvalue weighted by molar-refractivity contribution is -0.119. The fourth-order valence-corrected chi connectivity index (χ4v) is 2.61. The van der Waals surface area contributed by atoms with Gasteiger partial charge in [-0.2, -0.15) is 0 Å². The van der Waals surface area contributed by atoms with E-state index in [4.69, 9.17) is 28.8 Å². The first-order valence-corrected chi connectivity index (χ1v) is 8.52. The number of hydrogen-bond acceptors (Lipinski definition) is 3. The second-order valence-corrected chi connectivity index (χ2v) is 6.38. The molecule has 0 bridgehead atoms. The van der Waals surface area contributed by atoms with Crippen LogP contribution in [0.15, 0.2) is 57.5 Å². The quantitative estimate of drug-likeness (QED) is 0.289. The van der Waals surface area contributed by atoms with E-state index in [9.17, 15) is 9.59 Å². The molecular weight excluding hydrogens is 521 g/mol. The molecule has 2 aromatic rings. The van der Waals surface area contributed by atoms with Gasteiger partial charge in [-0.3, -0.25) is 14.3 Å². The number of rotatable bonds is 6. The van der Waals surface area contributed by atoms with Gasteiger partial charge in [-0.1, -0.05) is 50.1 Å². The van der Waals surface area contributed by atoms with Gasteiger partial charge in [0.2, 0.25) is 0 Å². The van der Waals surface area contributed by atoms with Gasteiger partial charge in [0.05, 0.1) is 5.56 Å². The van der Waals surface area contributed by atoms with Crippen molar-refractivity contribution in [2.24, 2.45) is 5.73 Å². The lowest BCUT2D eigenvalue weighted by Crippen LogP contribution is -2.20. The number of carbonyl (C=O) groups is 2. The Hall–Kier alpha value is -2.27. The molecule has 0 atom stereocenters. The Morgan fingerprint density at radius 3 is 2.21 bits per heavy atom. The lowest BCUT2D eigenvalue weighted by atomic mass is 10.1. The number of ketones is 1. The van der Waals surface area contributed by atoms with Gasteiger partial charge in [-0.15, -0.1) is 0 Å². The predicted octanol–water partition coefficient (Wildman–Crippen LogP) is 5.81. The molecule has 0 heterocycles. The van der Waals surface area contributed by atoms with E-state index in [1.807, 2.05) is 24.3 Å². The minimum absolute atomic E-state index is 0. The maximum absolute atomic E-state index is 12.4. The third-order valence-electron chi connectivity index (χ3n) is 2.90. The van der Waals surface area contributed by atoms with E-state index in [0.29, 0.717) is 11.3 Å². The van der Waals surface area contributed by atoms with Crippen LogP contribution >= 0.6 is 31.9 Å². The molecule has 0 aromatic heterocycles. The Morgan fingerprint density at radius 1 is 1.04 bits per heavy atom. The summed E-state index contributed by atoms with van der Waals surface area (Å²) in [6.07, 6.45) is 3.17. The SMILES string of the molecule is F.FF.FF.NC(=O)COc1ccc(Br)cc1C(=O)/C=C/c1ccccc1Br. The zero-order valence-electron chi connectivity index (χ0n) is 13.9. The molecule has 0 fully saturated rings. The topological polar surface area (TPSA) is 69.4 Å². The second kappa shape index (κ2) is 15.8. The first kappa shape index (κ1) is 27.9. The number of hydrogen-bond donors (Lipinski definition) is 1. The number of halogens is 7. The van der Waals surface area contributed by atoms with Crippen LogP contribution in [-0.4, -0.2) is 18.3 Å². The van der Waals surface area contributed by atoms with Crippen LogP contribution in [0.25, 0.3) is 6.08 Å². The maximum atomic E-state index is 12.4. The van der Waals surface area contributed by atoms with Gasteiger partial charge < -0.3 is 10.5 Å². The third-order valence-corrected chi connectivity index (χ3v) is 4.11. The van der Waals surface area contributed by atoms with Crippen LogP contribution in [0, 0.1) is 0 Å². The highest BCUT2D eigenvalue weighted by atomic mass is 79.9. The van der Waals surface area contributed by atoms with Crippen molar-refractivity contribution in [1.82, 2.24) is 0 Å². The van der Waals surface area contributed by atoms with Gasteiger partial charge in [0.15, 0.2) is 12.4 Å². The molecule has 0 radical (unpaired) electrons. The average molecular weight is 535 g/mol. The molecule has 0 unspecified atom stereocenters. The van der Waals surface area contributed by atoms with Crippen molar-refractivity contribution in [1.29, 1.82) is 0 Å². The predicted molar refractivity (Wildman–Crippen MR) is 103 cm³/mol. The standard InChI is InChI=1S/C17H13Br2NO3.2F2.FH/c18-12-6-8-16(23-10-17(20)22)13(9-12)15(21)7-5-11-3-1-2-4-14(11)19;2*1-2;/h1-9H,10H2,(H2,20,22);;;1H/b7-5+;;;. The van der Waals surface area contributed by atoms with Crippen molar-refractivity contribution in [2.45, 2.75) is 0 Å². The van der Waals surface area contributed by atoms with Crippen molar-refractivity contribution in [3.8, 4) is 5.75 Å². The first-order chi connectivity index (χ1) is 13.0. The van der Waals surface area contributed by atoms with E-state index in [1.165, 1.54) is 6.08 Å². The number of ether oxygens (including phenoxy) is 1. The summed E-state index contributed by atoms with van der Waals surface area (Å²) in [7, 11) is 0. The first-order valence-electron chi connectivity index (χ1n) is 6.93. The number of primary amides is 1. The molecular formula is C17H14Br2F5NO3.